The van der Waals surface area contributed by atoms with E-state index < -0.39 is 0 Å². The number of nitrogens with one attached hydrogen (secondary N) is 2. The zero-order chi connectivity index (χ0) is 19.2. The Kier molecular flexibility index (Phi) is 4.13. The van der Waals surface area contributed by atoms with Gasteiger partial charge in [-0.25, -0.2) is 9.97 Å². The average Bonchev–Trinajstić information content (AvgIpc) is 3.07. The van der Waals surface area contributed by atoms with Crippen molar-refractivity contribution in [1.82, 2.24) is 20.6 Å². The van der Waals surface area contributed by atoms with Crippen LogP contribution in [0.5, 0.6) is 0 Å². The third-order valence-corrected chi connectivity index (χ3v) is 6.60. The van der Waals surface area contributed by atoms with Gasteiger partial charge in [-0.15, -0.1) is 0 Å². The minimum Gasteiger partial charge on any atom is -0.369 e. The molecule has 0 amide bonds. The number of aromatic nitrogens is 2. The van der Waals surface area contributed by atoms with Crippen LogP contribution >= 0.6 is 0 Å². The van der Waals surface area contributed by atoms with E-state index in [4.69, 9.17) is 9.97 Å². The molecule has 5 heterocycles. The van der Waals surface area contributed by atoms with Gasteiger partial charge in [-0.2, -0.15) is 0 Å². The average molecular weight is 387 g/mol. The molecule has 6 nitrogen and oxygen atoms in total. The number of benzene rings is 1. The van der Waals surface area contributed by atoms with E-state index in [1.165, 1.54) is 11.1 Å². The normalized spacial score (nSPS) is 23.9. The first kappa shape index (κ1) is 17.2. The van der Waals surface area contributed by atoms with Crippen LogP contribution in [0, 0.1) is 5.92 Å². The Morgan fingerprint density at radius 1 is 0.966 bits per heavy atom. The number of hydrogen-bond donors (Lipinski definition) is 2. The van der Waals surface area contributed by atoms with Crippen molar-refractivity contribution < 1.29 is 0 Å². The van der Waals surface area contributed by atoms with Gasteiger partial charge in [-0.05, 0) is 24.3 Å². The molecule has 0 saturated carbocycles. The standard InChI is InChI=1S/C23H26N6/c1-2-4-19-18(3-1)22(29-14-17-13-25-21(17)15-29)11-20(27-19)16-5-6-23(26-12-16)28-9-7-24-8-10-28/h1-6,11-12,17,21,24-25H,7-10,13-15H2/t17-,21+/m1/s1. The first-order chi connectivity index (χ1) is 14.3. The summed E-state index contributed by atoms with van der Waals surface area (Å²) in [5, 5.41) is 8.20. The van der Waals surface area contributed by atoms with E-state index >= 15 is 0 Å². The van der Waals surface area contributed by atoms with E-state index in [0.29, 0.717) is 6.04 Å². The van der Waals surface area contributed by atoms with E-state index in [-0.39, 0.29) is 0 Å². The number of nitrogens with zero attached hydrogens (tertiary/aromatic N) is 4. The Morgan fingerprint density at radius 2 is 1.86 bits per heavy atom. The lowest BCUT2D eigenvalue weighted by Crippen LogP contribution is -2.51. The second kappa shape index (κ2) is 6.97. The number of fused-ring (bicyclic) bond motifs is 2. The van der Waals surface area contributed by atoms with E-state index in [1.807, 2.05) is 6.20 Å². The van der Waals surface area contributed by atoms with Crippen molar-refractivity contribution in [3.05, 3.63) is 48.7 Å². The molecule has 6 heteroatoms. The highest BCUT2D eigenvalue weighted by Gasteiger charge is 2.39. The summed E-state index contributed by atoms with van der Waals surface area (Å²) in [5.74, 6) is 1.84. The van der Waals surface area contributed by atoms with E-state index in [1.54, 1.807) is 0 Å². The molecule has 2 N–H and O–H groups in total. The zero-order valence-electron chi connectivity index (χ0n) is 16.5. The zero-order valence-corrected chi connectivity index (χ0v) is 16.5. The lowest BCUT2D eigenvalue weighted by atomic mass is 9.96. The molecule has 0 aliphatic carbocycles. The van der Waals surface area contributed by atoms with Crippen LogP contribution in [-0.4, -0.2) is 61.8 Å². The predicted molar refractivity (Wildman–Crippen MR) is 118 cm³/mol. The van der Waals surface area contributed by atoms with Gasteiger partial charge in [-0.1, -0.05) is 18.2 Å². The Labute approximate surface area is 170 Å². The smallest absolute Gasteiger partial charge is 0.128 e. The highest BCUT2D eigenvalue weighted by atomic mass is 15.2. The number of pyridine rings is 2. The summed E-state index contributed by atoms with van der Waals surface area (Å²) < 4.78 is 0. The van der Waals surface area contributed by atoms with Crippen molar-refractivity contribution in [2.24, 2.45) is 5.92 Å². The summed E-state index contributed by atoms with van der Waals surface area (Å²) in [6, 6.07) is 15.7. The fourth-order valence-electron chi connectivity index (χ4n) is 4.83. The molecule has 3 aliphatic heterocycles. The van der Waals surface area contributed by atoms with Crippen molar-refractivity contribution in [1.29, 1.82) is 0 Å². The van der Waals surface area contributed by atoms with Gasteiger partial charge in [0, 0.05) is 80.6 Å². The molecule has 2 atom stereocenters. The topological polar surface area (TPSA) is 56.3 Å². The van der Waals surface area contributed by atoms with Gasteiger partial charge in [-0.3, -0.25) is 0 Å². The highest BCUT2D eigenvalue weighted by molar-refractivity contribution is 5.94. The van der Waals surface area contributed by atoms with Crippen molar-refractivity contribution in [3.8, 4) is 11.3 Å². The number of anilines is 2. The minimum absolute atomic E-state index is 0.644. The maximum Gasteiger partial charge on any atom is 0.128 e. The molecule has 1 aromatic carbocycles. The van der Waals surface area contributed by atoms with Crippen LogP contribution in [-0.2, 0) is 0 Å². The Bertz CT molecular complexity index is 1020. The third-order valence-electron chi connectivity index (χ3n) is 6.60. The lowest BCUT2D eigenvalue weighted by Gasteiger charge is -2.29. The molecular formula is C23H26N6. The largest absolute Gasteiger partial charge is 0.369 e. The number of piperazine rings is 1. The molecule has 0 radical (unpaired) electrons. The van der Waals surface area contributed by atoms with Gasteiger partial charge in [0.2, 0.25) is 0 Å². The second-order valence-corrected chi connectivity index (χ2v) is 8.37. The van der Waals surface area contributed by atoms with Crippen molar-refractivity contribution in [2.45, 2.75) is 6.04 Å². The molecule has 148 valence electrons. The Balaban J connectivity index is 1.37. The van der Waals surface area contributed by atoms with E-state index in [9.17, 15) is 0 Å². The Hall–Kier alpha value is -2.70. The molecule has 0 unspecified atom stereocenters. The summed E-state index contributed by atoms with van der Waals surface area (Å²) in [6.07, 6.45) is 1.98. The molecule has 3 aromatic rings. The molecule has 3 saturated heterocycles. The van der Waals surface area contributed by atoms with Crippen molar-refractivity contribution in [3.63, 3.8) is 0 Å². The van der Waals surface area contributed by atoms with Crippen LogP contribution in [0.1, 0.15) is 0 Å². The first-order valence-electron chi connectivity index (χ1n) is 10.7. The number of hydrogen-bond acceptors (Lipinski definition) is 6. The van der Waals surface area contributed by atoms with Gasteiger partial charge in [0.15, 0.2) is 0 Å². The molecular weight excluding hydrogens is 360 g/mol. The highest BCUT2D eigenvalue weighted by Crippen LogP contribution is 2.35. The number of para-hydroxylation sites is 1. The molecule has 0 bridgehead atoms. The summed E-state index contributed by atoms with van der Waals surface area (Å²) >= 11 is 0. The van der Waals surface area contributed by atoms with Crippen LogP contribution in [0.25, 0.3) is 22.2 Å². The minimum atomic E-state index is 0.644. The predicted octanol–water partition coefficient (Wildman–Crippen LogP) is 2.11. The van der Waals surface area contributed by atoms with Gasteiger partial charge in [0.05, 0.1) is 11.2 Å². The maximum atomic E-state index is 4.97. The summed E-state index contributed by atoms with van der Waals surface area (Å²) in [6.45, 7) is 7.42. The monoisotopic (exact) mass is 386 g/mol. The fourth-order valence-corrected chi connectivity index (χ4v) is 4.83. The second-order valence-electron chi connectivity index (χ2n) is 8.37. The molecule has 29 heavy (non-hydrogen) atoms. The van der Waals surface area contributed by atoms with Crippen LogP contribution in [0.3, 0.4) is 0 Å². The van der Waals surface area contributed by atoms with Crippen molar-refractivity contribution in [2.75, 3.05) is 55.6 Å². The third kappa shape index (κ3) is 3.03. The SMILES string of the molecule is c1ccc2c(N3C[C@H]4CN[C@H]4C3)cc(-c3ccc(N4CCNCC4)nc3)nc2c1. The van der Waals surface area contributed by atoms with E-state index in [2.05, 4.69) is 62.9 Å². The van der Waals surface area contributed by atoms with Crippen LogP contribution in [0.2, 0.25) is 0 Å². The quantitative estimate of drug-likeness (QED) is 0.719. The van der Waals surface area contributed by atoms with Crippen LogP contribution < -0.4 is 20.4 Å². The van der Waals surface area contributed by atoms with Crippen LogP contribution in [0.15, 0.2) is 48.7 Å². The van der Waals surface area contributed by atoms with Gasteiger partial charge >= 0.3 is 0 Å². The van der Waals surface area contributed by atoms with Gasteiger partial charge < -0.3 is 20.4 Å². The van der Waals surface area contributed by atoms with Gasteiger partial charge in [0.25, 0.3) is 0 Å². The molecule has 0 spiro atoms. The molecule has 3 aliphatic rings. The molecule has 6 rings (SSSR count). The van der Waals surface area contributed by atoms with Crippen LogP contribution in [0.4, 0.5) is 11.5 Å². The summed E-state index contributed by atoms with van der Waals surface area (Å²) in [5.41, 5.74) is 4.44. The summed E-state index contributed by atoms with van der Waals surface area (Å²) in [4.78, 5) is 14.6. The molecule has 2 aromatic heterocycles. The Morgan fingerprint density at radius 3 is 2.59 bits per heavy atom. The lowest BCUT2D eigenvalue weighted by molar-refractivity contribution is 0.297. The van der Waals surface area contributed by atoms with Crippen molar-refractivity contribution >= 4 is 22.4 Å². The van der Waals surface area contributed by atoms with E-state index in [0.717, 1.165) is 74.3 Å². The van der Waals surface area contributed by atoms with Gasteiger partial charge in [0.1, 0.15) is 5.82 Å². The number of rotatable bonds is 3. The summed E-state index contributed by atoms with van der Waals surface area (Å²) in [7, 11) is 0. The fraction of sp³-hybridized carbons (Fsp3) is 0.391. The first-order valence-corrected chi connectivity index (χ1v) is 10.7. The molecule has 3 fully saturated rings. The maximum absolute atomic E-state index is 4.97.